The lowest BCUT2D eigenvalue weighted by molar-refractivity contribution is 0.102. The zero-order valence-corrected chi connectivity index (χ0v) is 16.7. The van der Waals surface area contributed by atoms with Gasteiger partial charge in [-0.05, 0) is 42.7 Å². The van der Waals surface area contributed by atoms with Crippen LogP contribution in [-0.4, -0.2) is 21.8 Å². The van der Waals surface area contributed by atoms with E-state index in [4.69, 9.17) is 39.5 Å². The van der Waals surface area contributed by atoms with Crippen LogP contribution in [0, 0.1) is 6.92 Å². The van der Waals surface area contributed by atoms with Crippen LogP contribution in [0.2, 0.25) is 15.1 Å². The summed E-state index contributed by atoms with van der Waals surface area (Å²) in [5, 5.41) is 7.35. The second-order valence-corrected chi connectivity index (χ2v) is 7.31. The number of carbonyl (C=O) groups is 2. The van der Waals surface area contributed by atoms with E-state index in [0.29, 0.717) is 27.6 Å². The largest absolute Gasteiger partial charge is 0.455 e. The molecule has 0 saturated carbocycles. The first-order valence-corrected chi connectivity index (χ1v) is 9.31. The lowest BCUT2D eigenvalue weighted by Gasteiger charge is -2.13. The Bertz CT molecular complexity index is 1040. The van der Waals surface area contributed by atoms with E-state index in [0.717, 1.165) is 11.5 Å². The Kier molecular flexibility index (Phi) is 5.96. The van der Waals surface area contributed by atoms with Gasteiger partial charge in [0.2, 0.25) is 0 Å². The molecule has 1 aromatic heterocycles. The monoisotopic (exact) mass is 441 g/mol. The Morgan fingerprint density at radius 1 is 1.15 bits per heavy atom. The van der Waals surface area contributed by atoms with Gasteiger partial charge >= 0.3 is 0 Å². The van der Waals surface area contributed by atoms with Crippen molar-refractivity contribution in [1.29, 1.82) is 0 Å². The molecule has 0 aliphatic rings. The summed E-state index contributed by atoms with van der Waals surface area (Å²) in [6, 6.07) is 7.51. The number of aromatic nitrogens is 2. The first-order valence-electron chi connectivity index (χ1n) is 7.41. The van der Waals surface area contributed by atoms with Crippen LogP contribution in [0.5, 0.6) is 11.5 Å². The summed E-state index contributed by atoms with van der Waals surface area (Å²) in [6.45, 7) is 1.67. The number of rotatable bonds is 5. The van der Waals surface area contributed by atoms with Crippen molar-refractivity contribution in [2.45, 2.75) is 6.92 Å². The van der Waals surface area contributed by atoms with Gasteiger partial charge in [0.15, 0.2) is 6.29 Å². The quantitative estimate of drug-likeness (QED) is 0.515. The number of aldehydes is 1. The minimum absolute atomic E-state index is 0.174. The minimum atomic E-state index is -0.418. The smallest absolute Gasteiger partial charge is 0.269 e. The van der Waals surface area contributed by atoms with Gasteiger partial charge in [-0.3, -0.25) is 9.59 Å². The van der Waals surface area contributed by atoms with Gasteiger partial charge < -0.3 is 10.1 Å². The molecule has 10 heteroatoms. The van der Waals surface area contributed by atoms with Gasteiger partial charge in [-0.2, -0.15) is 0 Å². The zero-order chi connectivity index (χ0) is 19.6. The topological polar surface area (TPSA) is 81.2 Å². The van der Waals surface area contributed by atoms with Crippen molar-refractivity contribution in [3.05, 3.63) is 61.5 Å². The fourth-order valence-electron chi connectivity index (χ4n) is 2.14. The molecule has 1 N–H and O–H groups in total. The molecular weight excluding hydrogens is 433 g/mol. The maximum Gasteiger partial charge on any atom is 0.269 e. The maximum absolute atomic E-state index is 12.4. The van der Waals surface area contributed by atoms with Crippen LogP contribution in [0.1, 0.15) is 25.7 Å². The summed E-state index contributed by atoms with van der Waals surface area (Å²) in [5.41, 5.74) is 0.961. The van der Waals surface area contributed by atoms with E-state index in [1.807, 2.05) is 0 Å². The minimum Gasteiger partial charge on any atom is -0.455 e. The fraction of sp³-hybridized carbons (Fsp3) is 0.0588. The van der Waals surface area contributed by atoms with Crippen LogP contribution in [0.25, 0.3) is 0 Å². The van der Waals surface area contributed by atoms with Crippen LogP contribution in [0.3, 0.4) is 0 Å². The van der Waals surface area contributed by atoms with E-state index in [1.54, 1.807) is 19.1 Å². The number of benzene rings is 2. The first kappa shape index (κ1) is 19.6. The Balaban J connectivity index is 1.94. The molecule has 0 aliphatic carbocycles. The summed E-state index contributed by atoms with van der Waals surface area (Å²) in [7, 11) is 0. The van der Waals surface area contributed by atoms with Crippen molar-refractivity contribution in [2.24, 2.45) is 0 Å². The maximum atomic E-state index is 12.4. The van der Waals surface area contributed by atoms with Gasteiger partial charge in [-0.25, -0.2) is 0 Å². The molecule has 138 valence electrons. The van der Waals surface area contributed by atoms with Gasteiger partial charge in [0.1, 0.15) is 16.4 Å². The van der Waals surface area contributed by atoms with Crippen LogP contribution in [-0.2, 0) is 0 Å². The number of hydrogen-bond acceptors (Lipinski definition) is 6. The highest BCUT2D eigenvalue weighted by Gasteiger charge is 2.17. The van der Waals surface area contributed by atoms with Crippen molar-refractivity contribution in [2.75, 3.05) is 5.32 Å². The predicted octanol–water partition coefficient (Wildman–Crippen LogP) is 5.66. The van der Waals surface area contributed by atoms with Crippen LogP contribution in [0.15, 0.2) is 30.3 Å². The molecule has 0 spiro atoms. The molecule has 27 heavy (non-hydrogen) atoms. The number of hydrogen-bond donors (Lipinski definition) is 1. The van der Waals surface area contributed by atoms with Crippen molar-refractivity contribution in [1.82, 2.24) is 9.59 Å². The van der Waals surface area contributed by atoms with E-state index in [9.17, 15) is 9.59 Å². The van der Waals surface area contributed by atoms with E-state index in [1.165, 1.54) is 18.2 Å². The number of ether oxygens (including phenoxy) is 1. The summed E-state index contributed by atoms with van der Waals surface area (Å²) in [5.74, 6) is 0.0538. The molecule has 0 saturated heterocycles. The molecule has 0 radical (unpaired) electrons. The molecule has 0 bridgehead atoms. The van der Waals surface area contributed by atoms with Gasteiger partial charge in [0, 0.05) is 11.1 Å². The number of nitrogens with zero attached hydrogens (tertiary/aromatic N) is 2. The molecule has 2 aromatic carbocycles. The van der Waals surface area contributed by atoms with Crippen molar-refractivity contribution in [3.8, 4) is 11.5 Å². The summed E-state index contributed by atoms with van der Waals surface area (Å²) < 4.78 is 9.45. The number of aryl methyl sites for hydroxylation is 1. The average molecular weight is 443 g/mol. The Hall–Kier alpha value is -2.19. The molecule has 0 aliphatic heterocycles. The second-order valence-electron chi connectivity index (χ2n) is 5.31. The van der Waals surface area contributed by atoms with Gasteiger partial charge in [-0.1, -0.05) is 39.3 Å². The first-order chi connectivity index (χ1) is 12.9. The van der Waals surface area contributed by atoms with E-state index in [2.05, 4.69) is 14.9 Å². The highest BCUT2D eigenvalue weighted by Crippen LogP contribution is 2.36. The van der Waals surface area contributed by atoms with Gasteiger partial charge in [-0.15, -0.1) is 5.10 Å². The fourth-order valence-corrected chi connectivity index (χ4v) is 3.36. The highest BCUT2D eigenvalue weighted by molar-refractivity contribution is 7.08. The number of amides is 1. The third-order valence-electron chi connectivity index (χ3n) is 3.45. The van der Waals surface area contributed by atoms with Crippen molar-refractivity contribution >= 4 is 64.2 Å². The van der Waals surface area contributed by atoms with Gasteiger partial charge in [0.05, 0.1) is 27.0 Å². The Morgan fingerprint density at radius 3 is 2.56 bits per heavy atom. The number of carbonyl (C=O) groups excluding carboxylic acids is 2. The van der Waals surface area contributed by atoms with Crippen molar-refractivity contribution in [3.63, 3.8) is 0 Å². The van der Waals surface area contributed by atoms with Crippen LogP contribution in [0.4, 0.5) is 5.69 Å². The van der Waals surface area contributed by atoms with E-state index in [-0.39, 0.29) is 27.0 Å². The number of nitrogens with one attached hydrogen (secondary N) is 1. The third-order valence-corrected chi connectivity index (χ3v) is 5.12. The summed E-state index contributed by atoms with van der Waals surface area (Å²) >= 11 is 19.1. The number of anilines is 1. The normalized spacial score (nSPS) is 10.5. The molecule has 3 rings (SSSR count). The molecule has 6 nitrogen and oxygen atoms in total. The Labute approximate surface area is 173 Å². The predicted molar refractivity (Wildman–Crippen MR) is 106 cm³/mol. The molecular formula is C17H10Cl3N3O3S. The van der Waals surface area contributed by atoms with Crippen molar-refractivity contribution < 1.29 is 14.3 Å². The third kappa shape index (κ3) is 4.39. The summed E-state index contributed by atoms with van der Waals surface area (Å²) in [6.07, 6.45) is 0.591. The van der Waals surface area contributed by atoms with Crippen LogP contribution < -0.4 is 10.1 Å². The van der Waals surface area contributed by atoms with Gasteiger partial charge in [0.25, 0.3) is 5.91 Å². The second kappa shape index (κ2) is 8.22. The van der Waals surface area contributed by atoms with Crippen LogP contribution >= 0.6 is 46.3 Å². The zero-order valence-electron chi connectivity index (χ0n) is 13.6. The molecule has 1 heterocycles. The highest BCUT2D eigenvalue weighted by atomic mass is 35.5. The molecule has 0 fully saturated rings. The lowest BCUT2D eigenvalue weighted by Crippen LogP contribution is -2.12. The molecule has 1 amide bonds. The summed E-state index contributed by atoms with van der Waals surface area (Å²) in [4.78, 5) is 24.1. The van der Waals surface area contributed by atoms with E-state index < -0.39 is 5.91 Å². The molecule has 3 aromatic rings. The SMILES string of the molecule is Cc1nnsc1C(=O)Nc1cc(Oc2ccc(Cl)cc2Cl)c(C=O)cc1Cl. The number of halogens is 3. The molecule has 0 atom stereocenters. The Morgan fingerprint density at radius 2 is 1.93 bits per heavy atom. The van der Waals surface area contributed by atoms with E-state index >= 15 is 0 Å². The lowest BCUT2D eigenvalue weighted by atomic mass is 10.2. The average Bonchev–Trinajstić information content (AvgIpc) is 3.05. The standard InChI is InChI=1S/C17H10Cl3N3O3S/c1-8-16(27-23-22-8)17(25)21-13-6-15(9(7-24)4-11(13)19)26-14-3-2-10(18)5-12(14)20/h2-7H,1H3,(H,21,25). The molecule has 0 unspecified atom stereocenters.